The average molecular weight is 1150 g/mol. The summed E-state index contributed by atoms with van der Waals surface area (Å²) in [4.78, 5) is 0. The monoisotopic (exact) mass is 1150 g/mol. The molecule has 0 N–H and O–H groups in total. The molecule has 494 valence electrons. The van der Waals surface area contributed by atoms with Crippen LogP contribution in [-0.2, 0) is 0 Å². The van der Waals surface area contributed by atoms with Crippen LogP contribution in [0.4, 0.5) is 26.3 Å². The highest BCUT2D eigenvalue weighted by atomic mass is 19.4. The van der Waals surface area contributed by atoms with Crippen LogP contribution < -0.4 is 0 Å². The van der Waals surface area contributed by atoms with Crippen molar-refractivity contribution in [3.63, 3.8) is 0 Å². The van der Waals surface area contributed by atoms with Crippen LogP contribution >= 0.6 is 0 Å². The third-order valence-corrected chi connectivity index (χ3v) is 12.9. The van der Waals surface area contributed by atoms with Crippen molar-refractivity contribution in [2.24, 2.45) is 88.1 Å². The van der Waals surface area contributed by atoms with Crippen LogP contribution in [0, 0.1) is 88.1 Å². The zero-order chi connectivity index (χ0) is 67.9. The Morgan fingerprint density at radius 3 is 0.544 bits per heavy atom. The minimum Gasteiger partial charge on any atom is -0.171 e. The van der Waals surface area contributed by atoms with E-state index < -0.39 is 23.2 Å². The predicted molar refractivity (Wildman–Crippen MR) is 358 cm³/mol. The second-order valence-electron chi connectivity index (χ2n) is 38.4. The van der Waals surface area contributed by atoms with E-state index in [2.05, 4.69) is 270 Å². The van der Waals surface area contributed by atoms with Gasteiger partial charge >= 0.3 is 12.4 Å². The first-order valence-corrected chi connectivity index (χ1v) is 31.3. The molecule has 0 aromatic rings. The fraction of sp³-hybridized carbons (Fsp3) is 1.00. The molecule has 0 aromatic heterocycles. The van der Waals surface area contributed by atoms with Crippen LogP contribution in [-0.4, -0.2) is 12.4 Å². The first-order valence-electron chi connectivity index (χ1n) is 31.3. The van der Waals surface area contributed by atoms with E-state index in [0.29, 0.717) is 54.1 Å². The van der Waals surface area contributed by atoms with Gasteiger partial charge in [0.2, 0.25) is 0 Å². The summed E-state index contributed by atoms with van der Waals surface area (Å²) >= 11 is 0. The third-order valence-electron chi connectivity index (χ3n) is 12.9. The van der Waals surface area contributed by atoms with Gasteiger partial charge in [-0.05, 0) is 103 Å². The molecule has 0 rings (SSSR count). The second-order valence-corrected chi connectivity index (χ2v) is 38.4. The Morgan fingerprint density at radius 1 is 0.304 bits per heavy atom. The summed E-state index contributed by atoms with van der Waals surface area (Å²) in [7, 11) is 0. The van der Waals surface area contributed by atoms with E-state index >= 15 is 0 Å². The van der Waals surface area contributed by atoms with E-state index in [-0.39, 0.29) is 11.8 Å². The van der Waals surface area contributed by atoms with Gasteiger partial charge < -0.3 is 0 Å². The van der Waals surface area contributed by atoms with Gasteiger partial charge in [-0.1, -0.05) is 351 Å². The van der Waals surface area contributed by atoms with Crippen LogP contribution in [0.25, 0.3) is 0 Å². The maximum Gasteiger partial charge on any atom is 0.393 e. The van der Waals surface area contributed by atoms with Crippen molar-refractivity contribution in [1.82, 2.24) is 0 Å². The molecule has 0 saturated heterocycles. The SMILES string of the molecule is CC(C)(C)C.CC(C)(C)C(C)(C)C.CC(C)(C)C(F)(F)F.CC(C)(C)CC(C)(C)C.CC(C)(C)CC(C)(C)C(F)(F)F.CC(C)C(C)(C)C.CC(C)CC(C)(C)C.CCC(C)(C)C.CCC(CC)C(C)(C)C.CCCC(C)(C)C. The van der Waals surface area contributed by atoms with E-state index in [1.807, 2.05) is 20.8 Å². The molecule has 0 aromatic carbocycles. The maximum absolute atomic E-state index is 12.4. The third kappa shape index (κ3) is 100.0. The van der Waals surface area contributed by atoms with Crippen molar-refractivity contribution in [3.05, 3.63) is 0 Å². The smallest absolute Gasteiger partial charge is 0.171 e. The predicted octanol–water partition coefficient (Wildman–Crippen LogP) is 29.7. The minimum atomic E-state index is -4.10. The summed E-state index contributed by atoms with van der Waals surface area (Å²) in [6.07, 6.45) is 1.17. The van der Waals surface area contributed by atoms with E-state index in [0.717, 1.165) is 38.5 Å². The Bertz CT molecular complexity index is 1260. The number of halogens is 6. The fourth-order valence-corrected chi connectivity index (χ4v) is 6.51. The van der Waals surface area contributed by atoms with E-state index in [1.165, 1.54) is 58.8 Å². The quantitative estimate of drug-likeness (QED) is 0.241. The molecule has 0 nitrogen and oxygen atoms in total. The molecule has 0 bridgehead atoms. The van der Waals surface area contributed by atoms with Crippen LogP contribution in [0.5, 0.6) is 0 Å². The average Bonchev–Trinajstić information content (AvgIpc) is 3.02. The van der Waals surface area contributed by atoms with Crippen molar-refractivity contribution in [2.75, 3.05) is 0 Å². The summed E-state index contributed by atoms with van der Waals surface area (Å²) in [6.45, 7) is 99.7. The molecule has 0 aliphatic heterocycles. The molecular weight excluding hydrogens is 991 g/mol. The topological polar surface area (TPSA) is 0 Å². The molecule has 0 aliphatic rings. The van der Waals surface area contributed by atoms with Gasteiger partial charge in [0.15, 0.2) is 0 Å². The highest BCUT2D eigenvalue weighted by molar-refractivity contribution is 4.82. The normalized spacial score (nSPS) is 13.4. The summed E-state index contributed by atoms with van der Waals surface area (Å²) in [6, 6.07) is 0. The molecule has 0 amide bonds. The van der Waals surface area contributed by atoms with Crippen LogP contribution in [0.2, 0.25) is 0 Å². The zero-order valence-corrected chi connectivity index (χ0v) is 64.2. The Labute approximate surface area is 501 Å². The highest BCUT2D eigenvalue weighted by Crippen LogP contribution is 2.45. The van der Waals surface area contributed by atoms with Gasteiger partial charge in [0, 0.05) is 0 Å². The van der Waals surface area contributed by atoms with Gasteiger partial charge in [-0.15, -0.1) is 0 Å². The molecule has 0 heterocycles. The van der Waals surface area contributed by atoms with Crippen molar-refractivity contribution in [3.8, 4) is 0 Å². The molecule has 0 atom stereocenters. The van der Waals surface area contributed by atoms with Crippen LogP contribution in [0.15, 0.2) is 0 Å². The summed E-state index contributed by atoms with van der Waals surface area (Å²) in [5.74, 6) is 2.54. The lowest BCUT2D eigenvalue weighted by Gasteiger charge is -2.34. The number of hydrogen-bond donors (Lipinski definition) is 0. The molecule has 6 heteroatoms. The first kappa shape index (κ1) is 101. The molecule has 0 spiro atoms. The van der Waals surface area contributed by atoms with Crippen molar-refractivity contribution < 1.29 is 26.3 Å². The lowest BCUT2D eigenvalue weighted by molar-refractivity contribution is -0.220. The van der Waals surface area contributed by atoms with Gasteiger partial charge in [0.25, 0.3) is 0 Å². The van der Waals surface area contributed by atoms with Gasteiger partial charge in [-0.3, -0.25) is 0 Å². The summed E-state index contributed by atoms with van der Waals surface area (Å²) in [5, 5.41) is 0. The van der Waals surface area contributed by atoms with Gasteiger partial charge in [-0.25, -0.2) is 0 Å². The van der Waals surface area contributed by atoms with Crippen LogP contribution in [0.3, 0.4) is 0 Å². The highest BCUT2D eigenvalue weighted by Gasteiger charge is 2.48. The standard InChI is InChI=1S/C9H17F3.2C9H20.2C8H18.2C7H16.C6H14.C5H9F3.C5H12/c1-7(2,3)6-8(4,5)9(10,11)12;1-8(2,3)7-9(4,5)6;1-6-8(7-2)9(3,4)5;1-7(2)6-8(3,4)5;1-7(2,3)8(4,5)6;1-6(2)7(3,4)5;1-5-6-7(2,3)4;1-5-6(2,3)4;1-4(2,3)5(6,7)8;1-5(2,3)4/h6H2,1-5H3;7H2,1-6H3;8H,6-7H2,1-5H3;7H,6H2,1-5H3;1-6H3;6H,1-5H3;5-6H2,1-4H3;5H2,1-4H3;1-3H3;1-4H3. The molecule has 0 saturated carbocycles. The summed E-state index contributed by atoms with van der Waals surface area (Å²) in [5.41, 5.74) is 1.56. The lowest BCUT2D eigenvalue weighted by Crippen LogP contribution is -2.35. The molecule has 0 aliphatic carbocycles. The Hall–Kier alpha value is -0.420. The van der Waals surface area contributed by atoms with E-state index in [1.54, 1.807) is 0 Å². The number of alkyl halides is 6. The first-order chi connectivity index (χ1) is 33.2. The lowest BCUT2D eigenvalue weighted by atomic mass is 9.71. The maximum atomic E-state index is 12.4. The number of hydrogen-bond acceptors (Lipinski definition) is 0. The molecular formula is C73H160F6. The Balaban J connectivity index is -0.0000000843. The minimum absolute atomic E-state index is 0.156. The van der Waals surface area contributed by atoms with Gasteiger partial charge in [0.05, 0.1) is 10.8 Å². The van der Waals surface area contributed by atoms with Crippen molar-refractivity contribution >= 4 is 0 Å². The molecule has 79 heavy (non-hydrogen) atoms. The largest absolute Gasteiger partial charge is 0.393 e. The van der Waals surface area contributed by atoms with E-state index in [9.17, 15) is 26.3 Å². The van der Waals surface area contributed by atoms with Crippen LogP contribution in [0.1, 0.15) is 377 Å². The molecule has 0 unspecified atom stereocenters. The summed E-state index contributed by atoms with van der Waals surface area (Å²) < 4.78 is 71.8. The second kappa shape index (κ2) is 40.1. The zero-order valence-electron chi connectivity index (χ0n) is 64.2. The molecule has 0 radical (unpaired) electrons. The van der Waals surface area contributed by atoms with Gasteiger partial charge in [0.1, 0.15) is 0 Å². The van der Waals surface area contributed by atoms with Crippen molar-refractivity contribution in [2.45, 2.75) is 389 Å². The number of rotatable bonds is 5. The Morgan fingerprint density at radius 2 is 0.532 bits per heavy atom. The van der Waals surface area contributed by atoms with E-state index in [4.69, 9.17) is 0 Å². The van der Waals surface area contributed by atoms with Gasteiger partial charge in [-0.2, -0.15) is 26.3 Å². The Kier molecular flexibility index (Phi) is 51.0. The fourth-order valence-electron chi connectivity index (χ4n) is 6.51. The van der Waals surface area contributed by atoms with Crippen molar-refractivity contribution in [1.29, 1.82) is 0 Å². The molecule has 0 fully saturated rings.